The molecule has 4 heteroatoms. The van der Waals surface area contributed by atoms with Crippen LogP contribution in [0.2, 0.25) is 0 Å². The van der Waals surface area contributed by atoms with Crippen molar-refractivity contribution < 1.29 is 9.53 Å². The molecule has 2 heterocycles. The van der Waals surface area contributed by atoms with Gasteiger partial charge in [-0.2, -0.15) is 0 Å². The van der Waals surface area contributed by atoms with Crippen LogP contribution >= 0.6 is 0 Å². The van der Waals surface area contributed by atoms with E-state index < -0.39 is 0 Å². The normalized spacial score (nSPS) is 11.1. The topological polar surface area (TPSA) is 55.0 Å². The summed E-state index contributed by atoms with van der Waals surface area (Å²) in [6, 6.07) is 9.86. The van der Waals surface area contributed by atoms with Gasteiger partial charge in [0.25, 0.3) is 0 Å². The first kappa shape index (κ1) is 12.7. The zero-order valence-electron chi connectivity index (χ0n) is 11.6. The minimum absolute atomic E-state index is 0.355. The van der Waals surface area contributed by atoms with Crippen LogP contribution in [0.25, 0.3) is 21.8 Å². The zero-order valence-corrected chi connectivity index (χ0v) is 11.6. The molecule has 4 nitrogen and oxygen atoms in total. The second-order valence-electron chi connectivity index (χ2n) is 4.62. The summed E-state index contributed by atoms with van der Waals surface area (Å²) >= 11 is 0. The van der Waals surface area contributed by atoms with Gasteiger partial charge in [0.2, 0.25) is 0 Å². The maximum Gasteiger partial charge on any atom is 0.356 e. The van der Waals surface area contributed by atoms with Gasteiger partial charge in [0.1, 0.15) is 5.69 Å². The summed E-state index contributed by atoms with van der Waals surface area (Å²) < 4.78 is 5.05. The largest absolute Gasteiger partial charge is 0.461 e. The van der Waals surface area contributed by atoms with Crippen LogP contribution in [0.1, 0.15) is 30.0 Å². The van der Waals surface area contributed by atoms with E-state index in [4.69, 9.17) is 4.74 Å². The predicted octanol–water partition coefficient (Wildman–Crippen LogP) is 3.46. The van der Waals surface area contributed by atoms with Gasteiger partial charge in [-0.1, -0.05) is 25.1 Å². The van der Waals surface area contributed by atoms with Crippen molar-refractivity contribution in [2.75, 3.05) is 6.61 Å². The first-order valence-corrected chi connectivity index (χ1v) is 6.82. The Bertz CT molecular complexity index is 790. The van der Waals surface area contributed by atoms with Gasteiger partial charge >= 0.3 is 5.97 Å². The number of H-pyrrole nitrogens is 1. The lowest BCUT2D eigenvalue weighted by molar-refractivity contribution is 0.0519. The molecule has 20 heavy (non-hydrogen) atoms. The standard InChI is InChI=1S/C16H16N2O2/c1-3-12-15-11(9-14(17-12)16(19)20-4-2)10-7-5-6-8-13(10)18-15/h5-9,18H,3-4H2,1-2H3. The Morgan fingerprint density at radius 2 is 2.05 bits per heavy atom. The molecule has 0 bridgehead atoms. The summed E-state index contributed by atoms with van der Waals surface area (Å²) in [7, 11) is 0. The number of pyridine rings is 1. The Hall–Kier alpha value is -2.36. The van der Waals surface area contributed by atoms with Gasteiger partial charge in [0.15, 0.2) is 0 Å². The number of hydrogen-bond acceptors (Lipinski definition) is 3. The Balaban J connectivity index is 2.30. The van der Waals surface area contributed by atoms with E-state index in [0.717, 1.165) is 33.9 Å². The minimum atomic E-state index is -0.366. The average Bonchev–Trinajstić information content (AvgIpc) is 2.85. The average molecular weight is 268 g/mol. The molecule has 2 aromatic heterocycles. The summed E-state index contributed by atoms with van der Waals surface area (Å²) in [4.78, 5) is 19.7. The number of nitrogens with zero attached hydrogens (tertiary/aromatic N) is 1. The Kier molecular flexibility index (Phi) is 3.14. The Morgan fingerprint density at radius 1 is 1.25 bits per heavy atom. The monoisotopic (exact) mass is 268 g/mol. The Labute approximate surface area is 116 Å². The van der Waals surface area contributed by atoms with E-state index in [1.54, 1.807) is 6.92 Å². The minimum Gasteiger partial charge on any atom is -0.461 e. The number of para-hydroxylation sites is 1. The van der Waals surface area contributed by atoms with Crippen molar-refractivity contribution in [3.05, 3.63) is 41.7 Å². The van der Waals surface area contributed by atoms with Crippen LogP contribution in [0.3, 0.4) is 0 Å². The third kappa shape index (κ3) is 1.93. The molecular weight excluding hydrogens is 252 g/mol. The number of rotatable bonds is 3. The first-order chi connectivity index (χ1) is 9.74. The van der Waals surface area contributed by atoms with E-state index >= 15 is 0 Å². The molecule has 0 saturated heterocycles. The van der Waals surface area contributed by atoms with Crippen molar-refractivity contribution in [1.29, 1.82) is 0 Å². The predicted molar refractivity (Wildman–Crippen MR) is 78.9 cm³/mol. The second-order valence-corrected chi connectivity index (χ2v) is 4.62. The summed E-state index contributed by atoms with van der Waals surface area (Å²) in [6.45, 7) is 4.18. The van der Waals surface area contributed by atoms with Gasteiger partial charge in [-0.25, -0.2) is 9.78 Å². The van der Waals surface area contributed by atoms with E-state index in [-0.39, 0.29) is 5.97 Å². The van der Waals surface area contributed by atoms with E-state index in [1.807, 2.05) is 37.3 Å². The zero-order chi connectivity index (χ0) is 14.1. The summed E-state index contributed by atoms with van der Waals surface area (Å²) in [5.74, 6) is -0.366. The number of nitrogens with one attached hydrogen (secondary N) is 1. The number of fused-ring (bicyclic) bond motifs is 3. The molecule has 0 radical (unpaired) electrons. The van der Waals surface area contributed by atoms with Crippen LogP contribution in [-0.2, 0) is 11.2 Å². The number of carbonyl (C=O) groups is 1. The summed E-state index contributed by atoms with van der Waals surface area (Å²) in [6.07, 6.45) is 0.760. The smallest absolute Gasteiger partial charge is 0.356 e. The maximum atomic E-state index is 11.9. The van der Waals surface area contributed by atoms with Gasteiger partial charge in [0, 0.05) is 16.3 Å². The number of benzene rings is 1. The third-order valence-electron chi connectivity index (χ3n) is 3.39. The van der Waals surface area contributed by atoms with Crippen LogP contribution in [-0.4, -0.2) is 22.5 Å². The highest BCUT2D eigenvalue weighted by atomic mass is 16.5. The number of aromatic amines is 1. The highest BCUT2D eigenvalue weighted by molar-refractivity contribution is 6.09. The molecule has 0 atom stereocenters. The quantitative estimate of drug-likeness (QED) is 0.740. The molecule has 0 unspecified atom stereocenters. The van der Waals surface area contributed by atoms with Gasteiger partial charge in [-0.05, 0) is 25.5 Å². The maximum absolute atomic E-state index is 11.9. The van der Waals surface area contributed by atoms with Crippen molar-refractivity contribution >= 4 is 27.8 Å². The van der Waals surface area contributed by atoms with Crippen LogP contribution in [0.15, 0.2) is 30.3 Å². The number of ether oxygens (including phenoxy) is 1. The summed E-state index contributed by atoms with van der Waals surface area (Å²) in [5.41, 5.74) is 3.32. The van der Waals surface area contributed by atoms with Crippen molar-refractivity contribution in [2.24, 2.45) is 0 Å². The third-order valence-corrected chi connectivity index (χ3v) is 3.39. The summed E-state index contributed by atoms with van der Waals surface area (Å²) in [5, 5.41) is 2.13. The van der Waals surface area contributed by atoms with Crippen molar-refractivity contribution in [2.45, 2.75) is 20.3 Å². The van der Waals surface area contributed by atoms with Crippen LogP contribution in [0.5, 0.6) is 0 Å². The fourth-order valence-corrected chi connectivity index (χ4v) is 2.48. The molecule has 0 fully saturated rings. The fraction of sp³-hybridized carbons (Fsp3) is 0.250. The molecule has 1 N–H and O–H groups in total. The van der Waals surface area contributed by atoms with Crippen LogP contribution < -0.4 is 0 Å². The number of esters is 1. The van der Waals surface area contributed by atoms with Crippen molar-refractivity contribution in [1.82, 2.24) is 9.97 Å². The lowest BCUT2D eigenvalue weighted by atomic mass is 10.1. The lowest BCUT2D eigenvalue weighted by Crippen LogP contribution is -2.08. The van der Waals surface area contributed by atoms with E-state index in [2.05, 4.69) is 9.97 Å². The molecule has 0 aliphatic carbocycles. The highest BCUT2D eigenvalue weighted by Crippen LogP contribution is 2.28. The number of hydrogen-bond donors (Lipinski definition) is 1. The van der Waals surface area contributed by atoms with E-state index in [0.29, 0.717) is 12.3 Å². The van der Waals surface area contributed by atoms with Gasteiger partial charge in [0.05, 0.1) is 17.8 Å². The second kappa shape index (κ2) is 4.96. The van der Waals surface area contributed by atoms with Gasteiger partial charge < -0.3 is 9.72 Å². The van der Waals surface area contributed by atoms with Gasteiger partial charge in [-0.15, -0.1) is 0 Å². The van der Waals surface area contributed by atoms with Crippen LogP contribution in [0.4, 0.5) is 0 Å². The molecule has 0 spiro atoms. The molecule has 3 aromatic rings. The molecule has 0 saturated carbocycles. The SMILES string of the molecule is CCOC(=O)c1cc2c([nH]c3ccccc32)c(CC)n1. The molecule has 102 valence electrons. The Morgan fingerprint density at radius 3 is 2.80 bits per heavy atom. The van der Waals surface area contributed by atoms with Gasteiger partial charge in [-0.3, -0.25) is 0 Å². The molecule has 0 aliphatic rings. The number of carbonyl (C=O) groups excluding carboxylic acids is 1. The molecule has 0 aliphatic heterocycles. The van der Waals surface area contributed by atoms with E-state index in [1.165, 1.54) is 0 Å². The lowest BCUT2D eigenvalue weighted by Gasteiger charge is -2.05. The number of aryl methyl sites for hydroxylation is 1. The van der Waals surface area contributed by atoms with Crippen molar-refractivity contribution in [3.63, 3.8) is 0 Å². The molecule has 1 aromatic carbocycles. The molecule has 0 amide bonds. The fourth-order valence-electron chi connectivity index (χ4n) is 2.48. The molecule has 3 rings (SSSR count). The van der Waals surface area contributed by atoms with Crippen molar-refractivity contribution in [3.8, 4) is 0 Å². The first-order valence-electron chi connectivity index (χ1n) is 6.82. The van der Waals surface area contributed by atoms with Crippen LogP contribution in [0, 0.1) is 0 Å². The number of aromatic nitrogens is 2. The highest BCUT2D eigenvalue weighted by Gasteiger charge is 2.15. The molecular formula is C16H16N2O2. The van der Waals surface area contributed by atoms with E-state index in [9.17, 15) is 4.79 Å².